The maximum Gasteiger partial charge on any atom is 0.251 e. The van der Waals surface area contributed by atoms with Gasteiger partial charge in [0, 0.05) is 41.4 Å². The molecule has 338 valence electrons. The quantitative estimate of drug-likeness (QED) is 0.0570. The van der Waals surface area contributed by atoms with Gasteiger partial charge in [0.05, 0.1) is 11.7 Å². The molecule has 0 saturated heterocycles. The fraction of sp³-hybridized carbons (Fsp3) is 0.271. The summed E-state index contributed by atoms with van der Waals surface area (Å²) in [6, 6.07) is 18.3. The Labute approximate surface area is 380 Å². The van der Waals surface area contributed by atoms with Crippen molar-refractivity contribution < 1.29 is 39.0 Å². The zero-order chi connectivity index (χ0) is 46.8. The van der Waals surface area contributed by atoms with Gasteiger partial charge in [0.2, 0.25) is 23.6 Å². The summed E-state index contributed by atoms with van der Waals surface area (Å²) in [7, 11) is 1.39. The third-order valence-corrected chi connectivity index (χ3v) is 11.4. The number of fused-ring (bicyclic) bond motifs is 5. The predicted molar refractivity (Wildman–Crippen MR) is 245 cm³/mol. The van der Waals surface area contributed by atoms with Crippen LogP contribution in [-0.4, -0.2) is 98.4 Å². The molecule has 0 saturated carbocycles. The number of carbonyl (C=O) groups excluding carboxylic acids is 6. The van der Waals surface area contributed by atoms with Crippen LogP contribution in [0.5, 0.6) is 11.5 Å². The van der Waals surface area contributed by atoms with Gasteiger partial charge in [-0.15, -0.1) is 0 Å². The number of benzene rings is 4. The fourth-order valence-corrected chi connectivity index (χ4v) is 7.52. The molecule has 5 aromatic rings. The van der Waals surface area contributed by atoms with E-state index in [9.17, 15) is 39.0 Å². The van der Waals surface area contributed by atoms with Crippen LogP contribution in [0.4, 0.5) is 0 Å². The van der Waals surface area contributed by atoms with Gasteiger partial charge < -0.3 is 42.1 Å². The van der Waals surface area contributed by atoms with Crippen molar-refractivity contribution in [3.8, 4) is 33.8 Å². The number of carbonyl (C=O) groups is 6. The first-order valence-corrected chi connectivity index (χ1v) is 21.4. The first kappa shape index (κ1) is 47.2. The highest BCUT2D eigenvalue weighted by Crippen LogP contribution is 2.39. The van der Waals surface area contributed by atoms with Crippen molar-refractivity contribution in [3.05, 3.63) is 131 Å². The summed E-state index contributed by atoms with van der Waals surface area (Å²) in [5.41, 5.74) is 9.31. The largest absolute Gasteiger partial charge is 0.507 e. The van der Waals surface area contributed by atoms with Crippen LogP contribution in [0.2, 0.25) is 5.02 Å². The number of phenols is 2. The summed E-state index contributed by atoms with van der Waals surface area (Å²) >= 11 is 6.05. The highest BCUT2D eigenvalue weighted by atomic mass is 35.5. The van der Waals surface area contributed by atoms with Gasteiger partial charge in [0.1, 0.15) is 35.7 Å². The van der Waals surface area contributed by atoms with E-state index in [2.05, 4.69) is 31.5 Å². The minimum Gasteiger partial charge on any atom is -0.507 e. The monoisotopic (exact) mass is 902 g/mol. The SMILES string of the molecule is CC(NC(=O)C1Cc2ccc(O)c(c2)-c2cc(ccc2O)C(N(C)C(=O)C(CCCCN)NC(=O)c2ccc(-c3ccc(Cl)cc3)cc2)C(=O)NC(C)C(=O)N1)C(=O)/C=C/c1ccn[nH]1. The molecule has 4 bridgehead atoms. The van der Waals surface area contributed by atoms with E-state index in [-0.39, 0.29) is 46.6 Å². The third-order valence-electron chi connectivity index (χ3n) is 11.1. The van der Waals surface area contributed by atoms with Crippen LogP contribution in [0.15, 0.2) is 103 Å². The third kappa shape index (κ3) is 11.8. The van der Waals surface area contributed by atoms with E-state index in [4.69, 9.17) is 17.3 Å². The van der Waals surface area contributed by atoms with E-state index in [0.717, 1.165) is 16.0 Å². The van der Waals surface area contributed by atoms with E-state index >= 15 is 0 Å². The minimum absolute atomic E-state index is 0.105. The maximum atomic E-state index is 14.6. The second-order valence-electron chi connectivity index (χ2n) is 15.8. The average molecular weight is 903 g/mol. The Balaban J connectivity index is 1.29. The summed E-state index contributed by atoms with van der Waals surface area (Å²) in [5.74, 6) is -4.36. The number of nitrogens with two attached hydrogens (primary N) is 1. The predicted octanol–water partition coefficient (Wildman–Crippen LogP) is 4.57. The van der Waals surface area contributed by atoms with Gasteiger partial charge in [-0.1, -0.05) is 48.0 Å². The number of unbranched alkanes of at least 4 members (excludes halogenated alkanes) is 1. The van der Waals surface area contributed by atoms with Crippen LogP contribution in [-0.2, 0) is 30.4 Å². The lowest BCUT2D eigenvalue weighted by Gasteiger charge is -2.32. The van der Waals surface area contributed by atoms with Crippen molar-refractivity contribution in [3.63, 3.8) is 0 Å². The summed E-state index contributed by atoms with van der Waals surface area (Å²) < 4.78 is 0. The number of rotatable bonds is 14. The van der Waals surface area contributed by atoms with Gasteiger partial charge in [0.15, 0.2) is 5.78 Å². The van der Waals surface area contributed by atoms with Crippen molar-refractivity contribution >= 4 is 53.0 Å². The van der Waals surface area contributed by atoms with E-state index in [1.54, 1.807) is 48.5 Å². The normalized spacial score (nSPS) is 17.2. The number of nitrogens with one attached hydrogen (secondary N) is 5. The molecule has 1 aromatic heterocycles. The number of aromatic hydroxyl groups is 2. The molecule has 6 rings (SSSR count). The second-order valence-corrected chi connectivity index (χ2v) is 16.3. The van der Waals surface area contributed by atoms with Gasteiger partial charge in [-0.2, -0.15) is 5.10 Å². The lowest BCUT2D eigenvalue weighted by molar-refractivity contribution is -0.141. The molecule has 17 heteroatoms. The molecule has 5 unspecified atom stereocenters. The van der Waals surface area contributed by atoms with Gasteiger partial charge in [-0.25, -0.2) is 0 Å². The Morgan fingerprint density at radius 2 is 1.54 bits per heavy atom. The molecule has 9 N–H and O–H groups in total. The number of halogens is 1. The Morgan fingerprint density at radius 1 is 0.877 bits per heavy atom. The number of ketones is 1. The van der Waals surface area contributed by atoms with Crippen molar-refractivity contribution in [2.45, 2.75) is 69.7 Å². The van der Waals surface area contributed by atoms with Crippen LogP contribution >= 0.6 is 11.6 Å². The Morgan fingerprint density at radius 3 is 2.20 bits per heavy atom. The molecule has 1 aliphatic heterocycles. The molecule has 4 aromatic carbocycles. The molecule has 0 aliphatic carbocycles. The van der Waals surface area contributed by atoms with E-state index in [0.29, 0.717) is 35.7 Å². The molecule has 1 aliphatic rings. The molecule has 5 atom stereocenters. The van der Waals surface area contributed by atoms with Crippen LogP contribution in [0, 0.1) is 0 Å². The number of likely N-dealkylation sites (N-methyl/N-ethyl adjacent to an activating group) is 1. The number of phenolic OH excluding ortho intramolecular Hbond substituents is 2. The molecular weight excluding hydrogens is 852 g/mol. The lowest BCUT2D eigenvalue weighted by Crippen LogP contribution is -2.56. The van der Waals surface area contributed by atoms with Crippen molar-refractivity contribution in [2.24, 2.45) is 5.73 Å². The highest BCUT2D eigenvalue weighted by Gasteiger charge is 2.36. The smallest absolute Gasteiger partial charge is 0.251 e. The van der Waals surface area contributed by atoms with Crippen molar-refractivity contribution in [1.82, 2.24) is 36.4 Å². The number of aromatic amines is 1. The van der Waals surface area contributed by atoms with Gasteiger partial charge >= 0.3 is 0 Å². The van der Waals surface area contributed by atoms with Crippen molar-refractivity contribution in [2.75, 3.05) is 13.6 Å². The van der Waals surface area contributed by atoms with Gasteiger partial charge in [-0.05, 0) is 129 Å². The lowest BCUT2D eigenvalue weighted by atomic mass is 9.93. The highest BCUT2D eigenvalue weighted by molar-refractivity contribution is 6.30. The molecule has 5 amide bonds. The number of nitrogens with zero attached hydrogens (tertiary/aromatic N) is 2. The second kappa shape index (κ2) is 21.4. The van der Waals surface area contributed by atoms with Crippen molar-refractivity contribution in [1.29, 1.82) is 0 Å². The van der Waals surface area contributed by atoms with Crippen LogP contribution in [0.3, 0.4) is 0 Å². The van der Waals surface area contributed by atoms with Gasteiger partial charge in [0.25, 0.3) is 5.91 Å². The molecule has 0 fully saturated rings. The molecule has 65 heavy (non-hydrogen) atoms. The number of aromatic nitrogens is 2. The van der Waals surface area contributed by atoms with Gasteiger partial charge in [-0.3, -0.25) is 33.9 Å². The van der Waals surface area contributed by atoms with Crippen LogP contribution in [0.25, 0.3) is 28.3 Å². The summed E-state index contributed by atoms with van der Waals surface area (Å²) in [4.78, 5) is 84.5. The Bertz CT molecular complexity index is 2560. The number of hydrogen-bond donors (Lipinski definition) is 8. The van der Waals surface area contributed by atoms with E-state index < -0.39 is 65.5 Å². The van der Waals surface area contributed by atoms with E-state index in [1.807, 2.05) is 12.1 Å². The Hall–Kier alpha value is -7.30. The standard InChI is InChI=1S/C48H51ClN8O8/c1-27(40(58)20-17-35-21-23-51-56-35)52-46(63)39-25-29-7-18-41(59)36(24-29)37-26-33(14-19-42(37)60)43(47(64)53-28(2)44(61)55-39)57(3)48(65)38(6-4-5-22-50)54-45(62)32-10-8-30(9-11-32)31-12-15-34(49)16-13-31/h7-21,23-24,26-28,38-39,43,59-60H,4-6,22,25,50H2,1-3H3,(H,51,56)(H,52,63)(H,53,64)(H,54,62)(H,55,61)/b20-17+. The number of amides is 5. The van der Waals surface area contributed by atoms with Crippen LogP contribution in [0.1, 0.15) is 66.3 Å². The maximum absolute atomic E-state index is 14.6. The summed E-state index contributed by atoms with van der Waals surface area (Å²) in [6.07, 6.45) is 5.40. The summed E-state index contributed by atoms with van der Waals surface area (Å²) in [5, 5.41) is 40.3. The zero-order valence-electron chi connectivity index (χ0n) is 36.0. The fourth-order valence-electron chi connectivity index (χ4n) is 7.40. The number of hydrogen-bond acceptors (Lipinski definition) is 10. The molecule has 16 nitrogen and oxygen atoms in total. The molecule has 0 spiro atoms. The topological polar surface area (TPSA) is 249 Å². The minimum atomic E-state index is -1.45. The zero-order valence-corrected chi connectivity index (χ0v) is 36.8. The molecule has 0 radical (unpaired) electrons. The van der Waals surface area contributed by atoms with Crippen LogP contribution < -0.4 is 27.0 Å². The summed E-state index contributed by atoms with van der Waals surface area (Å²) in [6.45, 7) is 3.25. The Kier molecular flexibility index (Phi) is 15.5. The number of H-pyrrole nitrogens is 1. The molecule has 2 heterocycles. The average Bonchev–Trinajstić information content (AvgIpc) is 3.82. The molecular formula is C48H51ClN8O8. The first-order valence-electron chi connectivity index (χ1n) is 21.0. The van der Waals surface area contributed by atoms with E-state index in [1.165, 1.54) is 69.6 Å². The first-order chi connectivity index (χ1) is 31.1.